The first kappa shape index (κ1) is 16.1. The zero-order valence-corrected chi connectivity index (χ0v) is 14.6. The van der Waals surface area contributed by atoms with Crippen LogP contribution in [0.3, 0.4) is 0 Å². The average molecular weight is 350 g/mol. The number of para-hydroxylation sites is 1. The van der Waals surface area contributed by atoms with Gasteiger partial charge in [0.25, 0.3) is 0 Å². The highest BCUT2D eigenvalue weighted by atomic mass is 32.1. The smallest absolute Gasteiger partial charge is 0.128 e. The highest BCUT2D eigenvalue weighted by Gasteiger charge is 2.10. The average Bonchev–Trinajstić information content (AvgIpc) is 3.26. The van der Waals surface area contributed by atoms with E-state index in [1.54, 1.807) is 17.4 Å². The Balaban J connectivity index is 1.59. The quantitative estimate of drug-likeness (QED) is 0.507. The van der Waals surface area contributed by atoms with Gasteiger partial charge in [-0.25, -0.2) is 4.39 Å². The van der Waals surface area contributed by atoms with Crippen molar-refractivity contribution in [1.82, 2.24) is 9.88 Å². The highest BCUT2D eigenvalue weighted by Crippen LogP contribution is 2.23. The third kappa shape index (κ3) is 3.50. The summed E-state index contributed by atoms with van der Waals surface area (Å²) in [4.78, 5) is 1.33. The fourth-order valence-corrected chi connectivity index (χ4v) is 3.81. The van der Waals surface area contributed by atoms with Crippen molar-refractivity contribution in [2.75, 3.05) is 0 Å². The molecule has 126 valence electrons. The third-order valence-corrected chi connectivity index (χ3v) is 5.24. The summed E-state index contributed by atoms with van der Waals surface area (Å²) in [5.41, 5.74) is 3.09. The zero-order valence-electron chi connectivity index (χ0n) is 13.8. The van der Waals surface area contributed by atoms with Crippen molar-refractivity contribution >= 4 is 22.2 Å². The van der Waals surface area contributed by atoms with Gasteiger partial charge in [-0.15, -0.1) is 11.3 Å². The van der Waals surface area contributed by atoms with E-state index in [9.17, 15) is 4.39 Å². The first-order valence-corrected chi connectivity index (χ1v) is 9.22. The molecule has 0 unspecified atom stereocenters. The van der Waals surface area contributed by atoms with Crippen molar-refractivity contribution in [3.05, 3.63) is 94.1 Å². The molecule has 2 aromatic carbocycles. The van der Waals surface area contributed by atoms with Gasteiger partial charge >= 0.3 is 0 Å². The van der Waals surface area contributed by atoms with Gasteiger partial charge in [0.05, 0.1) is 6.54 Å². The van der Waals surface area contributed by atoms with Crippen LogP contribution in [-0.2, 0) is 19.6 Å². The summed E-state index contributed by atoms with van der Waals surface area (Å²) in [6, 6.07) is 19.5. The Labute approximate surface area is 150 Å². The van der Waals surface area contributed by atoms with E-state index in [2.05, 4.69) is 51.8 Å². The Morgan fingerprint density at radius 3 is 2.56 bits per heavy atom. The SMILES string of the molecule is Fc1ccccc1Cn1cc(CNCc2cccs2)c2ccccc21. The molecule has 0 saturated heterocycles. The number of hydrogen-bond donors (Lipinski definition) is 1. The summed E-state index contributed by atoms with van der Waals surface area (Å²) in [5, 5.41) is 6.82. The van der Waals surface area contributed by atoms with Crippen LogP contribution < -0.4 is 5.32 Å². The lowest BCUT2D eigenvalue weighted by atomic mass is 10.2. The number of benzene rings is 2. The molecule has 0 aliphatic rings. The van der Waals surface area contributed by atoms with Gasteiger partial charge in [0.1, 0.15) is 5.82 Å². The Bertz CT molecular complexity index is 973. The number of nitrogens with zero attached hydrogens (tertiary/aromatic N) is 1. The maximum atomic E-state index is 14.0. The minimum atomic E-state index is -0.155. The second-order valence-electron chi connectivity index (χ2n) is 6.07. The van der Waals surface area contributed by atoms with Crippen molar-refractivity contribution in [2.45, 2.75) is 19.6 Å². The van der Waals surface area contributed by atoms with E-state index in [0.717, 1.165) is 18.6 Å². The molecular formula is C21H19FN2S. The molecule has 2 heterocycles. The fourth-order valence-electron chi connectivity index (χ4n) is 3.14. The van der Waals surface area contributed by atoms with Crippen LogP contribution in [0.15, 0.2) is 72.2 Å². The van der Waals surface area contributed by atoms with Crippen molar-refractivity contribution in [2.24, 2.45) is 0 Å². The predicted molar refractivity (Wildman–Crippen MR) is 102 cm³/mol. The first-order chi connectivity index (χ1) is 12.3. The van der Waals surface area contributed by atoms with E-state index in [1.807, 2.05) is 18.2 Å². The number of nitrogens with one attached hydrogen (secondary N) is 1. The minimum Gasteiger partial charge on any atom is -0.343 e. The Morgan fingerprint density at radius 2 is 1.72 bits per heavy atom. The fraction of sp³-hybridized carbons (Fsp3) is 0.143. The number of thiophene rings is 1. The van der Waals surface area contributed by atoms with Gasteiger partial charge in [-0.1, -0.05) is 42.5 Å². The minimum absolute atomic E-state index is 0.155. The van der Waals surface area contributed by atoms with Gasteiger partial charge in [-0.05, 0) is 29.1 Å². The molecule has 4 rings (SSSR count). The number of hydrogen-bond acceptors (Lipinski definition) is 2. The Hall–Kier alpha value is -2.43. The van der Waals surface area contributed by atoms with Gasteiger partial charge in [0, 0.05) is 40.6 Å². The van der Waals surface area contributed by atoms with E-state index in [4.69, 9.17) is 0 Å². The largest absolute Gasteiger partial charge is 0.343 e. The van der Waals surface area contributed by atoms with Crippen molar-refractivity contribution in [3.63, 3.8) is 0 Å². The Kier molecular flexibility index (Phi) is 4.63. The van der Waals surface area contributed by atoms with E-state index in [-0.39, 0.29) is 5.82 Å². The van der Waals surface area contributed by atoms with Crippen LogP contribution in [0.25, 0.3) is 10.9 Å². The van der Waals surface area contributed by atoms with Crippen LogP contribution in [-0.4, -0.2) is 4.57 Å². The standard InChI is InChI=1S/C21H19FN2S/c22-20-9-3-1-6-16(20)14-24-15-17(19-8-2-4-10-21(19)24)12-23-13-18-7-5-11-25-18/h1-11,15,23H,12-14H2. The molecule has 4 heteroatoms. The maximum absolute atomic E-state index is 14.0. The van der Waals surface area contributed by atoms with Crippen LogP contribution >= 0.6 is 11.3 Å². The molecule has 0 spiro atoms. The summed E-state index contributed by atoms with van der Waals surface area (Å²) in [5.74, 6) is -0.155. The highest BCUT2D eigenvalue weighted by molar-refractivity contribution is 7.09. The lowest BCUT2D eigenvalue weighted by Gasteiger charge is -2.06. The first-order valence-electron chi connectivity index (χ1n) is 8.34. The molecule has 0 aliphatic heterocycles. The second kappa shape index (κ2) is 7.21. The Morgan fingerprint density at radius 1 is 0.880 bits per heavy atom. The maximum Gasteiger partial charge on any atom is 0.128 e. The molecule has 2 nitrogen and oxygen atoms in total. The van der Waals surface area contributed by atoms with Gasteiger partial charge in [-0.3, -0.25) is 0 Å². The molecule has 0 aliphatic carbocycles. The lowest BCUT2D eigenvalue weighted by molar-refractivity contribution is 0.601. The monoisotopic (exact) mass is 350 g/mol. The van der Waals surface area contributed by atoms with Crippen molar-refractivity contribution in [3.8, 4) is 0 Å². The summed E-state index contributed by atoms with van der Waals surface area (Å²) >= 11 is 1.76. The number of rotatable bonds is 6. The normalized spacial score (nSPS) is 11.2. The molecule has 0 saturated carbocycles. The van der Waals surface area contributed by atoms with E-state index in [1.165, 1.54) is 21.9 Å². The van der Waals surface area contributed by atoms with Crippen LogP contribution in [0.4, 0.5) is 4.39 Å². The third-order valence-electron chi connectivity index (χ3n) is 4.36. The van der Waals surface area contributed by atoms with E-state index < -0.39 is 0 Å². The predicted octanol–water partition coefficient (Wildman–Crippen LogP) is 5.18. The van der Waals surface area contributed by atoms with Crippen LogP contribution in [0.1, 0.15) is 16.0 Å². The van der Waals surface area contributed by atoms with Crippen molar-refractivity contribution in [1.29, 1.82) is 0 Å². The van der Waals surface area contributed by atoms with E-state index >= 15 is 0 Å². The summed E-state index contributed by atoms with van der Waals surface area (Å²) < 4.78 is 16.2. The molecule has 0 bridgehead atoms. The second-order valence-corrected chi connectivity index (χ2v) is 7.11. The number of halogens is 1. The molecule has 4 aromatic rings. The van der Waals surface area contributed by atoms with Gasteiger partial charge < -0.3 is 9.88 Å². The number of fused-ring (bicyclic) bond motifs is 1. The molecule has 0 amide bonds. The van der Waals surface area contributed by atoms with Gasteiger partial charge in [0.2, 0.25) is 0 Å². The van der Waals surface area contributed by atoms with Crippen LogP contribution in [0, 0.1) is 5.82 Å². The van der Waals surface area contributed by atoms with Gasteiger partial charge in [0.15, 0.2) is 0 Å². The number of aromatic nitrogens is 1. The summed E-state index contributed by atoms with van der Waals surface area (Å²) in [7, 11) is 0. The molecule has 25 heavy (non-hydrogen) atoms. The molecule has 0 fully saturated rings. The van der Waals surface area contributed by atoms with Crippen LogP contribution in [0.2, 0.25) is 0 Å². The zero-order chi connectivity index (χ0) is 17.1. The molecule has 0 atom stereocenters. The van der Waals surface area contributed by atoms with Crippen LogP contribution in [0.5, 0.6) is 0 Å². The molecule has 0 radical (unpaired) electrons. The topological polar surface area (TPSA) is 17.0 Å². The lowest BCUT2D eigenvalue weighted by Crippen LogP contribution is -2.11. The molecule has 1 N–H and O–H groups in total. The summed E-state index contributed by atoms with van der Waals surface area (Å²) in [6.45, 7) is 2.20. The van der Waals surface area contributed by atoms with E-state index in [0.29, 0.717) is 12.1 Å². The van der Waals surface area contributed by atoms with Gasteiger partial charge in [-0.2, -0.15) is 0 Å². The van der Waals surface area contributed by atoms with Crippen molar-refractivity contribution < 1.29 is 4.39 Å². The molecule has 2 aromatic heterocycles. The molecular weight excluding hydrogens is 331 g/mol. The summed E-state index contributed by atoms with van der Waals surface area (Å²) in [6.07, 6.45) is 2.14.